The van der Waals surface area contributed by atoms with Gasteiger partial charge in [0.25, 0.3) is 0 Å². The van der Waals surface area contributed by atoms with E-state index in [9.17, 15) is 0 Å². The van der Waals surface area contributed by atoms with Crippen molar-refractivity contribution in [3.63, 3.8) is 0 Å². The SMILES string of the molecule is COc1ncnc(NCCC2CCOC2)c1N. The Morgan fingerprint density at radius 2 is 2.47 bits per heavy atom. The van der Waals surface area contributed by atoms with Crippen LogP contribution < -0.4 is 15.8 Å². The molecule has 1 fully saturated rings. The van der Waals surface area contributed by atoms with Gasteiger partial charge in [-0.1, -0.05) is 0 Å². The Hall–Kier alpha value is -1.56. The van der Waals surface area contributed by atoms with Gasteiger partial charge < -0.3 is 20.5 Å². The van der Waals surface area contributed by atoms with Crippen molar-refractivity contribution in [3.8, 4) is 5.88 Å². The Morgan fingerprint density at radius 1 is 1.59 bits per heavy atom. The lowest BCUT2D eigenvalue weighted by atomic mass is 10.1. The summed E-state index contributed by atoms with van der Waals surface area (Å²) in [6.07, 6.45) is 3.65. The second kappa shape index (κ2) is 5.67. The van der Waals surface area contributed by atoms with Gasteiger partial charge in [-0.25, -0.2) is 4.98 Å². The fraction of sp³-hybridized carbons (Fsp3) is 0.636. The number of hydrogen-bond acceptors (Lipinski definition) is 6. The quantitative estimate of drug-likeness (QED) is 0.793. The van der Waals surface area contributed by atoms with Crippen LogP contribution in [0.25, 0.3) is 0 Å². The lowest BCUT2D eigenvalue weighted by Gasteiger charge is -2.11. The van der Waals surface area contributed by atoms with Crippen LogP contribution in [0.5, 0.6) is 5.88 Å². The first-order chi connectivity index (χ1) is 8.31. The average molecular weight is 238 g/mol. The summed E-state index contributed by atoms with van der Waals surface area (Å²) in [6, 6.07) is 0. The highest BCUT2D eigenvalue weighted by Crippen LogP contribution is 2.24. The lowest BCUT2D eigenvalue weighted by Crippen LogP contribution is -2.12. The Morgan fingerprint density at radius 3 is 3.18 bits per heavy atom. The molecular weight excluding hydrogens is 220 g/mol. The topological polar surface area (TPSA) is 82.3 Å². The van der Waals surface area contributed by atoms with E-state index in [1.54, 1.807) is 7.11 Å². The van der Waals surface area contributed by atoms with E-state index in [2.05, 4.69) is 15.3 Å². The molecule has 0 amide bonds. The zero-order valence-corrected chi connectivity index (χ0v) is 9.98. The lowest BCUT2D eigenvalue weighted by molar-refractivity contribution is 0.185. The van der Waals surface area contributed by atoms with Crippen LogP contribution in [-0.2, 0) is 4.74 Å². The summed E-state index contributed by atoms with van der Waals surface area (Å²) < 4.78 is 10.4. The number of anilines is 2. The van der Waals surface area contributed by atoms with Crippen LogP contribution in [0.4, 0.5) is 11.5 Å². The molecule has 1 unspecified atom stereocenters. The van der Waals surface area contributed by atoms with Crippen LogP contribution >= 0.6 is 0 Å². The van der Waals surface area contributed by atoms with E-state index >= 15 is 0 Å². The Labute approximate surface area is 101 Å². The molecule has 1 aliphatic heterocycles. The van der Waals surface area contributed by atoms with Gasteiger partial charge in [0.05, 0.1) is 7.11 Å². The van der Waals surface area contributed by atoms with Crippen molar-refractivity contribution in [1.82, 2.24) is 9.97 Å². The van der Waals surface area contributed by atoms with Gasteiger partial charge in [-0.2, -0.15) is 4.98 Å². The summed E-state index contributed by atoms with van der Waals surface area (Å²) in [4.78, 5) is 8.02. The summed E-state index contributed by atoms with van der Waals surface area (Å²) in [6.45, 7) is 2.58. The predicted molar refractivity (Wildman–Crippen MR) is 65.0 cm³/mol. The molecule has 2 rings (SSSR count). The van der Waals surface area contributed by atoms with Gasteiger partial charge in [0, 0.05) is 19.8 Å². The molecule has 3 N–H and O–H groups in total. The molecule has 17 heavy (non-hydrogen) atoms. The smallest absolute Gasteiger partial charge is 0.242 e. The van der Waals surface area contributed by atoms with E-state index in [0.717, 1.165) is 32.6 Å². The highest BCUT2D eigenvalue weighted by atomic mass is 16.5. The van der Waals surface area contributed by atoms with Crippen molar-refractivity contribution in [2.75, 3.05) is 37.9 Å². The Balaban J connectivity index is 1.85. The second-order valence-corrected chi connectivity index (χ2v) is 4.09. The highest BCUT2D eigenvalue weighted by molar-refractivity contribution is 5.66. The molecule has 0 radical (unpaired) electrons. The number of nitrogens with one attached hydrogen (secondary N) is 1. The average Bonchev–Trinajstić information content (AvgIpc) is 2.84. The van der Waals surface area contributed by atoms with Crippen LogP contribution in [-0.4, -0.2) is 36.8 Å². The minimum absolute atomic E-state index is 0.409. The third-order valence-electron chi connectivity index (χ3n) is 2.91. The highest BCUT2D eigenvalue weighted by Gasteiger charge is 2.15. The number of rotatable bonds is 5. The molecule has 0 spiro atoms. The molecule has 0 aliphatic carbocycles. The van der Waals surface area contributed by atoms with E-state index in [1.165, 1.54) is 6.33 Å². The largest absolute Gasteiger partial charge is 0.479 e. The number of nitrogens with two attached hydrogens (primary N) is 1. The Bertz CT molecular complexity index is 366. The van der Waals surface area contributed by atoms with Crippen molar-refractivity contribution >= 4 is 11.5 Å². The van der Waals surface area contributed by atoms with E-state index in [4.69, 9.17) is 15.2 Å². The monoisotopic (exact) mass is 238 g/mol. The van der Waals surface area contributed by atoms with Crippen molar-refractivity contribution < 1.29 is 9.47 Å². The molecule has 2 heterocycles. The number of aromatic nitrogens is 2. The minimum Gasteiger partial charge on any atom is -0.479 e. The molecular formula is C11H18N4O2. The Kier molecular flexibility index (Phi) is 3.98. The van der Waals surface area contributed by atoms with E-state index in [1.807, 2.05) is 0 Å². The van der Waals surface area contributed by atoms with Crippen LogP contribution in [0.1, 0.15) is 12.8 Å². The molecule has 0 saturated carbocycles. The molecule has 0 bridgehead atoms. The summed E-state index contributed by atoms with van der Waals surface area (Å²) in [5.74, 6) is 1.69. The zero-order valence-electron chi connectivity index (χ0n) is 9.98. The summed E-state index contributed by atoms with van der Waals surface area (Å²) in [7, 11) is 1.54. The van der Waals surface area contributed by atoms with Crippen molar-refractivity contribution in [2.45, 2.75) is 12.8 Å². The normalized spacial score (nSPS) is 19.2. The zero-order chi connectivity index (χ0) is 12.1. The molecule has 6 nitrogen and oxygen atoms in total. The van der Waals surface area contributed by atoms with Crippen LogP contribution in [0.3, 0.4) is 0 Å². The molecule has 1 aliphatic rings. The van der Waals surface area contributed by atoms with Crippen molar-refractivity contribution in [1.29, 1.82) is 0 Å². The van der Waals surface area contributed by atoms with Gasteiger partial charge in [0.15, 0.2) is 5.82 Å². The molecule has 94 valence electrons. The van der Waals surface area contributed by atoms with E-state index in [0.29, 0.717) is 23.3 Å². The maximum absolute atomic E-state index is 5.85. The maximum Gasteiger partial charge on any atom is 0.242 e. The third-order valence-corrected chi connectivity index (χ3v) is 2.91. The van der Waals surface area contributed by atoms with Crippen molar-refractivity contribution in [3.05, 3.63) is 6.33 Å². The maximum atomic E-state index is 5.85. The molecule has 1 atom stereocenters. The number of methoxy groups -OCH3 is 1. The number of nitrogen functional groups attached to an aromatic ring is 1. The fourth-order valence-corrected chi connectivity index (χ4v) is 1.89. The van der Waals surface area contributed by atoms with Gasteiger partial charge >= 0.3 is 0 Å². The molecule has 6 heteroatoms. The fourth-order valence-electron chi connectivity index (χ4n) is 1.89. The summed E-state index contributed by atoms with van der Waals surface area (Å²) >= 11 is 0. The standard InChI is InChI=1S/C11H18N4O2/c1-16-11-9(12)10(14-7-15-11)13-4-2-8-3-5-17-6-8/h7-8H,2-6,12H2,1H3,(H,13,14,15). The molecule has 1 aromatic heterocycles. The van der Waals surface area contributed by atoms with Crippen LogP contribution in [0, 0.1) is 5.92 Å². The van der Waals surface area contributed by atoms with Gasteiger partial charge in [-0.05, 0) is 18.8 Å². The molecule has 0 aromatic carbocycles. The van der Waals surface area contributed by atoms with Crippen LogP contribution in [0.2, 0.25) is 0 Å². The number of ether oxygens (including phenoxy) is 2. The number of hydrogen-bond donors (Lipinski definition) is 2. The first-order valence-corrected chi connectivity index (χ1v) is 5.77. The van der Waals surface area contributed by atoms with E-state index < -0.39 is 0 Å². The summed E-state index contributed by atoms with van der Waals surface area (Å²) in [5.41, 5.74) is 6.31. The number of nitrogens with zero attached hydrogens (tertiary/aromatic N) is 2. The minimum atomic E-state index is 0.409. The van der Waals surface area contributed by atoms with E-state index in [-0.39, 0.29) is 0 Å². The first-order valence-electron chi connectivity index (χ1n) is 5.77. The van der Waals surface area contributed by atoms with Gasteiger partial charge in [0.1, 0.15) is 12.0 Å². The predicted octanol–water partition coefficient (Wildman–Crippen LogP) is 0.906. The second-order valence-electron chi connectivity index (χ2n) is 4.09. The van der Waals surface area contributed by atoms with Gasteiger partial charge in [0.2, 0.25) is 5.88 Å². The third kappa shape index (κ3) is 2.97. The molecule has 1 aromatic rings. The summed E-state index contributed by atoms with van der Waals surface area (Å²) in [5, 5.41) is 3.20. The van der Waals surface area contributed by atoms with Gasteiger partial charge in [-0.15, -0.1) is 0 Å². The van der Waals surface area contributed by atoms with Crippen LogP contribution in [0.15, 0.2) is 6.33 Å². The van der Waals surface area contributed by atoms with Gasteiger partial charge in [-0.3, -0.25) is 0 Å². The molecule has 1 saturated heterocycles. The first kappa shape index (κ1) is 11.9. The van der Waals surface area contributed by atoms with Crippen molar-refractivity contribution in [2.24, 2.45) is 5.92 Å².